The van der Waals surface area contributed by atoms with Crippen molar-refractivity contribution in [1.29, 1.82) is 0 Å². The van der Waals surface area contributed by atoms with Crippen LogP contribution in [0.4, 0.5) is 0 Å². The van der Waals surface area contributed by atoms with Gasteiger partial charge in [0, 0.05) is 37.3 Å². The number of fused-ring (bicyclic) bond motifs is 1. The summed E-state index contributed by atoms with van der Waals surface area (Å²) >= 11 is 0. The SMILES string of the molecule is COCCNC(=O)CN(C)CC(=O)NCCc1c[nH]c2ccccc12. The Hall–Kier alpha value is -2.38. The van der Waals surface area contributed by atoms with Crippen LogP contribution in [-0.2, 0) is 20.7 Å². The molecule has 1 heterocycles. The van der Waals surface area contributed by atoms with Crippen LogP contribution in [0.3, 0.4) is 0 Å². The van der Waals surface area contributed by atoms with E-state index in [9.17, 15) is 9.59 Å². The van der Waals surface area contributed by atoms with E-state index in [2.05, 4.69) is 21.7 Å². The summed E-state index contributed by atoms with van der Waals surface area (Å²) in [6, 6.07) is 8.10. The van der Waals surface area contributed by atoms with E-state index in [-0.39, 0.29) is 24.9 Å². The first kappa shape index (κ1) is 19.0. The molecule has 0 saturated carbocycles. The fourth-order valence-corrected chi connectivity index (χ4v) is 2.63. The molecule has 0 aliphatic heterocycles. The summed E-state index contributed by atoms with van der Waals surface area (Å²) in [5, 5.41) is 6.80. The number of carbonyl (C=O) groups is 2. The predicted molar refractivity (Wildman–Crippen MR) is 97.4 cm³/mol. The number of aromatic amines is 1. The van der Waals surface area contributed by atoms with Gasteiger partial charge in [-0.05, 0) is 25.1 Å². The summed E-state index contributed by atoms with van der Waals surface area (Å²) in [5.74, 6) is -0.210. The molecular formula is C18H26N4O3. The number of H-pyrrole nitrogens is 1. The van der Waals surface area contributed by atoms with E-state index in [1.807, 2.05) is 24.4 Å². The van der Waals surface area contributed by atoms with Crippen molar-refractivity contribution in [3.8, 4) is 0 Å². The molecule has 25 heavy (non-hydrogen) atoms. The zero-order valence-corrected chi connectivity index (χ0v) is 14.8. The van der Waals surface area contributed by atoms with Crippen molar-refractivity contribution in [3.05, 3.63) is 36.0 Å². The van der Waals surface area contributed by atoms with Crippen LogP contribution in [-0.4, -0.2) is 68.6 Å². The number of hydrogen-bond donors (Lipinski definition) is 3. The van der Waals surface area contributed by atoms with Gasteiger partial charge in [0.1, 0.15) is 0 Å². The lowest BCUT2D eigenvalue weighted by molar-refractivity contribution is -0.124. The van der Waals surface area contributed by atoms with Crippen LogP contribution in [0.15, 0.2) is 30.5 Å². The maximum absolute atomic E-state index is 12.0. The number of nitrogens with one attached hydrogen (secondary N) is 3. The average Bonchev–Trinajstić information content (AvgIpc) is 2.98. The Kier molecular flexibility index (Phi) is 7.43. The number of amides is 2. The molecule has 0 aliphatic carbocycles. The first-order valence-electron chi connectivity index (χ1n) is 8.36. The van der Waals surface area contributed by atoms with Gasteiger partial charge in [-0.25, -0.2) is 0 Å². The summed E-state index contributed by atoms with van der Waals surface area (Å²) in [6.07, 6.45) is 2.74. The molecule has 2 aromatic rings. The third-order valence-corrected chi connectivity index (χ3v) is 3.85. The molecule has 0 aliphatic rings. The lowest BCUT2D eigenvalue weighted by atomic mass is 10.1. The third-order valence-electron chi connectivity index (χ3n) is 3.85. The Bertz CT molecular complexity index is 698. The van der Waals surface area contributed by atoms with Gasteiger partial charge in [0.05, 0.1) is 19.7 Å². The van der Waals surface area contributed by atoms with Crippen LogP contribution >= 0.6 is 0 Å². The van der Waals surface area contributed by atoms with Gasteiger partial charge in [0.25, 0.3) is 0 Å². The molecule has 0 spiro atoms. The van der Waals surface area contributed by atoms with Crippen molar-refractivity contribution in [3.63, 3.8) is 0 Å². The molecule has 2 rings (SSSR count). The Morgan fingerprint density at radius 3 is 2.52 bits per heavy atom. The van der Waals surface area contributed by atoms with E-state index >= 15 is 0 Å². The molecule has 136 valence electrons. The molecule has 0 bridgehead atoms. The Morgan fingerprint density at radius 2 is 1.80 bits per heavy atom. The zero-order valence-electron chi connectivity index (χ0n) is 14.8. The number of ether oxygens (including phenoxy) is 1. The lowest BCUT2D eigenvalue weighted by Crippen LogP contribution is -2.41. The highest BCUT2D eigenvalue weighted by Gasteiger charge is 2.10. The molecule has 0 radical (unpaired) electrons. The molecule has 0 unspecified atom stereocenters. The van der Waals surface area contributed by atoms with Crippen molar-refractivity contribution in [2.24, 2.45) is 0 Å². The Balaban J connectivity index is 1.67. The van der Waals surface area contributed by atoms with Gasteiger partial charge < -0.3 is 20.4 Å². The van der Waals surface area contributed by atoms with Gasteiger partial charge in [-0.3, -0.25) is 14.5 Å². The average molecular weight is 346 g/mol. The fourth-order valence-electron chi connectivity index (χ4n) is 2.63. The molecule has 7 heteroatoms. The molecule has 1 aromatic carbocycles. The third kappa shape index (κ3) is 6.21. The monoisotopic (exact) mass is 346 g/mol. The van der Waals surface area contributed by atoms with Gasteiger partial charge in [0.2, 0.25) is 11.8 Å². The van der Waals surface area contributed by atoms with Crippen LogP contribution in [0.1, 0.15) is 5.56 Å². The predicted octanol–water partition coefficient (Wildman–Crippen LogP) is 0.521. The van der Waals surface area contributed by atoms with Gasteiger partial charge in [-0.2, -0.15) is 0 Å². The smallest absolute Gasteiger partial charge is 0.234 e. The standard InChI is InChI=1S/C18H26N4O3/c1-22(13-18(24)20-9-10-25-2)12-17(23)19-8-7-14-11-21-16-6-4-3-5-15(14)16/h3-6,11,21H,7-10,12-13H2,1-2H3,(H,19,23)(H,20,24). The van der Waals surface area contributed by atoms with Crippen LogP contribution in [0, 0.1) is 0 Å². The number of methoxy groups -OCH3 is 1. The maximum Gasteiger partial charge on any atom is 0.234 e. The van der Waals surface area contributed by atoms with Crippen molar-refractivity contribution in [2.45, 2.75) is 6.42 Å². The Labute approximate surface area is 147 Å². The van der Waals surface area contributed by atoms with Crippen molar-refractivity contribution in [2.75, 3.05) is 46.9 Å². The quantitative estimate of drug-likeness (QED) is 0.548. The highest BCUT2D eigenvalue weighted by atomic mass is 16.5. The van der Waals surface area contributed by atoms with E-state index in [0.29, 0.717) is 19.7 Å². The summed E-state index contributed by atoms with van der Waals surface area (Å²) in [4.78, 5) is 28.5. The summed E-state index contributed by atoms with van der Waals surface area (Å²) in [5.41, 5.74) is 2.28. The van der Waals surface area contributed by atoms with Crippen LogP contribution in [0.5, 0.6) is 0 Å². The van der Waals surface area contributed by atoms with E-state index in [0.717, 1.165) is 11.9 Å². The lowest BCUT2D eigenvalue weighted by Gasteiger charge is -2.15. The number of carbonyl (C=O) groups excluding carboxylic acids is 2. The van der Waals surface area contributed by atoms with Gasteiger partial charge in [-0.15, -0.1) is 0 Å². The van der Waals surface area contributed by atoms with Crippen LogP contribution in [0.25, 0.3) is 10.9 Å². The van der Waals surface area contributed by atoms with E-state index < -0.39 is 0 Å². The minimum atomic E-state index is -0.119. The second-order valence-electron chi connectivity index (χ2n) is 5.97. The number of nitrogens with zero attached hydrogens (tertiary/aromatic N) is 1. The normalized spacial score (nSPS) is 11.0. The topological polar surface area (TPSA) is 86.5 Å². The number of hydrogen-bond acceptors (Lipinski definition) is 4. The highest BCUT2D eigenvalue weighted by Crippen LogP contribution is 2.17. The molecule has 3 N–H and O–H groups in total. The number of para-hydroxylation sites is 1. The number of likely N-dealkylation sites (N-methyl/N-ethyl adjacent to an activating group) is 1. The summed E-state index contributed by atoms with van der Waals surface area (Å²) in [6.45, 7) is 1.88. The molecule has 7 nitrogen and oxygen atoms in total. The van der Waals surface area contributed by atoms with E-state index in [4.69, 9.17) is 4.74 Å². The van der Waals surface area contributed by atoms with Gasteiger partial charge >= 0.3 is 0 Å². The van der Waals surface area contributed by atoms with Crippen molar-refractivity contribution in [1.82, 2.24) is 20.5 Å². The number of rotatable bonds is 10. The fraction of sp³-hybridized carbons (Fsp3) is 0.444. The minimum Gasteiger partial charge on any atom is -0.383 e. The summed E-state index contributed by atoms with van der Waals surface area (Å²) < 4.78 is 4.87. The van der Waals surface area contributed by atoms with Gasteiger partial charge in [-0.1, -0.05) is 18.2 Å². The van der Waals surface area contributed by atoms with E-state index in [1.165, 1.54) is 10.9 Å². The second kappa shape index (κ2) is 9.80. The Morgan fingerprint density at radius 1 is 1.12 bits per heavy atom. The summed E-state index contributed by atoms with van der Waals surface area (Å²) in [7, 11) is 3.33. The molecule has 1 aromatic heterocycles. The molecular weight excluding hydrogens is 320 g/mol. The van der Waals surface area contributed by atoms with E-state index in [1.54, 1.807) is 19.1 Å². The maximum atomic E-state index is 12.0. The molecule has 2 amide bonds. The number of benzene rings is 1. The largest absolute Gasteiger partial charge is 0.383 e. The van der Waals surface area contributed by atoms with Crippen LogP contribution < -0.4 is 10.6 Å². The second-order valence-corrected chi connectivity index (χ2v) is 5.97. The number of aromatic nitrogens is 1. The van der Waals surface area contributed by atoms with Crippen molar-refractivity contribution < 1.29 is 14.3 Å². The molecule has 0 saturated heterocycles. The zero-order chi connectivity index (χ0) is 18.1. The van der Waals surface area contributed by atoms with Gasteiger partial charge in [0.15, 0.2) is 0 Å². The highest BCUT2D eigenvalue weighted by molar-refractivity contribution is 5.83. The molecule has 0 atom stereocenters. The minimum absolute atomic E-state index is 0.0907. The first-order valence-corrected chi connectivity index (χ1v) is 8.36. The van der Waals surface area contributed by atoms with Crippen molar-refractivity contribution >= 4 is 22.7 Å². The molecule has 0 fully saturated rings. The van der Waals surface area contributed by atoms with Crippen LogP contribution in [0.2, 0.25) is 0 Å². The first-order chi connectivity index (χ1) is 12.1.